The molecule has 1 aliphatic heterocycles. The predicted molar refractivity (Wildman–Crippen MR) is 85.4 cm³/mol. The summed E-state index contributed by atoms with van der Waals surface area (Å²) in [5, 5.41) is 0. The molecule has 8 heteroatoms. The third kappa shape index (κ3) is 4.62. The van der Waals surface area contributed by atoms with E-state index in [-0.39, 0.29) is 17.2 Å². The molecule has 0 aromatic carbocycles. The molecule has 7 nitrogen and oxygen atoms in total. The van der Waals surface area contributed by atoms with Crippen molar-refractivity contribution in [2.24, 2.45) is 0 Å². The Balaban J connectivity index is 1.87. The molecular formula is C14H24N4O3S. The maximum atomic E-state index is 11.8. The van der Waals surface area contributed by atoms with Crippen LogP contribution in [0.3, 0.4) is 0 Å². The zero-order chi connectivity index (χ0) is 16.2. The largest absolute Gasteiger partial charge is 0.313 e. The molecule has 0 amide bonds. The molecule has 1 aliphatic rings. The summed E-state index contributed by atoms with van der Waals surface area (Å²) in [7, 11) is -0.000698. The van der Waals surface area contributed by atoms with Gasteiger partial charge in [0.2, 0.25) is 10.0 Å². The van der Waals surface area contributed by atoms with Crippen LogP contribution in [0.15, 0.2) is 17.2 Å². The first kappa shape index (κ1) is 17.1. The van der Waals surface area contributed by atoms with E-state index in [1.54, 1.807) is 20.2 Å². The summed E-state index contributed by atoms with van der Waals surface area (Å²) in [5.74, 6) is 0.422. The highest BCUT2D eigenvalue weighted by molar-refractivity contribution is 7.89. The summed E-state index contributed by atoms with van der Waals surface area (Å²) in [5.41, 5.74) is 0.702. The first-order chi connectivity index (χ1) is 10.4. The molecule has 0 aliphatic carbocycles. The molecule has 2 rings (SSSR count). The van der Waals surface area contributed by atoms with Crippen molar-refractivity contribution in [1.82, 2.24) is 19.2 Å². The lowest BCUT2D eigenvalue weighted by Crippen LogP contribution is -2.37. The monoisotopic (exact) mass is 328 g/mol. The SMILES string of the molecule is CN(C)S(=O)(=O)CCCN1CCCC(c2cc(=O)[nH]cn2)C1. The number of H-pyrrole nitrogens is 1. The minimum atomic E-state index is -3.12. The van der Waals surface area contributed by atoms with Gasteiger partial charge in [0, 0.05) is 32.6 Å². The van der Waals surface area contributed by atoms with Crippen molar-refractivity contribution >= 4 is 10.0 Å². The fourth-order valence-corrected chi connectivity index (χ4v) is 3.62. The minimum absolute atomic E-state index is 0.126. The summed E-state index contributed by atoms with van der Waals surface area (Å²) in [6.45, 7) is 2.56. The van der Waals surface area contributed by atoms with Crippen LogP contribution in [-0.2, 0) is 10.0 Å². The molecule has 0 spiro atoms. The number of aromatic amines is 1. The van der Waals surface area contributed by atoms with Crippen molar-refractivity contribution in [2.75, 3.05) is 39.5 Å². The van der Waals surface area contributed by atoms with Gasteiger partial charge in [-0.1, -0.05) is 0 Å². The molecule has 0 radical (unpaired) electrons. The Bertz CT molecular complexity index is 641. The molecule has 2 heterocycles. The predicted octanol–water partition coefficient (Wildman–Crippen LogP) is 0.231. The Hall–Kier alpha value is -1.25. The number of hydrogen-bond donors (Lipinski definition) is 1. The highest BCUT2D eigenvalue weighted by atomic mass is 32.2. The van der Waals surface area contributed by atoms with E-state index >= 15 is 0 Å². The van der Waals surface area contributed by atoms with Crippen LogP contribution in [0.25, 0.3) is 0 Å². The normalized spacial score (nSPS) is 20.4. The van der Waals surface area contributed by atoms with Crippen LogP contribution in [-0.4, -0.2) is 67.1 Å². The molecule has 1 saturated heterocycles. The molecule has 124 valence electrons. The summed E-state index contributed by atoms with van der Waals surface area (Å²) in [4.78, 5) is 20.4. The smallest absolute Gasteiger partial charge is 0.250 e. The maximum Gasteiger partial charge on any atom is 0.250 e. The number of aromatic nitrogens is 2. The van der Waals surface area contributed by atoms with Gasteiger partial charge in [-0.05, 0) is 32.4 Å². The average Bonchev–Trinajstić information content (AvgIpc) is 2.47. The van der Waals surface area contributed by atoms with E-state index in [0.717, 1.165) is 38.2 Å². The van der Waals surface area contributed by atoms with Crippen molar-refractivity contribution in [1.29, 1.82) is 0 Å². The van der Waals surface area contributed by atoms with Gasteiger partial charge in [-0.25, -0.2) is 17.7 Å². The zero-order valence-electron chi connectivity index (χ0n) is 13.2. The maximum absolute atomic E-state index is 11.8. The number of piperidine rings is 1. The third-order valence-corrected chi connectivity index (χ3v) is 5.97. The molecule has 22 heavy (non-hydrogen) atoms. The second-order valence-corrected chi connectivity index (χ2v) is 8.23. The van der Waals surface area contributed by atoms with E-state index in [4.69, 9.17) is 0 Å². The molecule has 0 bridgehead atoms. The average molecular weight is 328 g/mol. The van der Waals surface area contributed by atoms with E-state index in [9.17, 15) is 13.2 Å². The van der Waals surface area contributed by atoms with Gasteiger partial charge in [-0.3, -0.25) is 4.79 Å². The topological polar surface area (TPSA) is 86.4 Å². The van der Waals surface area contributed by atoms with E-state index in [1.165, 1.54) is 10.6 Å². The van der Waals surface area contributed by atoms with Crippen LogP contribution in [0.4, 0.5) is 0 Å². The lowest BCUT2D eigenvalue weighted by molar-refractivity contribution is 0.206. The van der Waals surface area contributed by atoms with Crippen molar-refractivity contribution < 1.29 is 8.42 Å². The van der Waals surface area contributed by atoms with Gasteiger partial charge in [0.25, 0.3) is 5.56 Å². The number of nitrogens with zero attached hydrogens (tertiary/aromatic N) is 3. The molecule has 0 saturated carbocycles. The Morgan fingerprint density at radius 2 is 2.23 bits per heavy atom. The third-order valence-electron chi connectivity index (χ3n) is 4.06. The van der Waals surface area contributed by atoms with Gasteiger partial charge in [0.1, 0.15) is 0 Å². The van der Waals surface area contributed by atoms with Crippen molar-refractivity contribution in [3.05, 3.63) is 28.4 Å². The molecule has 1 atom stereocenters. The van der Waals surface area contributed by atoms with Gasteiger partial charge < -0.3 is 9.88 Å². The lowest BCUT2D eigenvalue weighted by Gasteiger charge is -2.32. The number of rotatable bonds is 6. The molecule has 1 aromatic rings. The number of sulfonamides is 1. The van der Waals surface area contributed by atoms with Crippen molar-refractivity contribution in [3.8, 4) is 0 Å². The minimum Gasteiger partial charge on any atom is -0.313 e. The fourth-order valence-electron chi connectivity index (χ4n) is 2.76. The molecular weight excluding hydrogens is 304 g/mol. The summed E-state index contributed by atoms with van der Waals surface area (Å²) in [6.07, 6.45) is 4.12. The van der Waals surface area contributed by atoms with E-state index < -0.39 is 10.0 Å². The zero-order valence-corrected chi connectivity index (χ0v) is 14.0. The van der Waals surface area contributed by atoms with Gasteiger partial charge in [0.15, 0.2) is 0 Å². The highest BCUT2D eigenvalue weighted by Gasteiger charge is 2.23. The van der Waals surface area contributed by atoms with Crippen LogP contribution >= 0.6 is 0 Å². The molecule has 1 N–H and O–H groups in total. The lowest BCUT2D eigenvalue weighted by atomic mass is 9.94. The second kappa shape index (κ2) is 7.34. The summed E-state index contributed by atoms with van der Waals surface area (Å²) < 4.78 is 24.8. The Kier molecular flexibility index (Phi) is 5.71. The van der Waals surface area contributed by atoms with E-state index in [1.807, 2.05) is 0 Å². The number of likely N-dealkylation sites (tertiary alicyclic amines) is 1. The van der Waals surface area contributed by atoms with Crippen LogP contribution in [0.1, 0.15) is 30.9 Å². The van der Waals surface area contributed by atoms with Gasteiger partial charge in [-0.2, -0.15) is 0 Å². The standard InChI is InChI=1S/C14H24N4O3S/c1-17(2)22(20,21)8-4-7-18-6-3-5-12(10-18)13-9-14(19)16-11-15-13/h9,11-12H,3-8,10H2,1-2H3,(H,15,16,19). The van der Waals surface area contributed by atoms with E-state index in [0.29, 0.717) is 6.42 Å². The molecule has 1 fully saturated rings. The van der Waals surface area contributed by atoms with Crippen LogP contribution in [0.2, 0.25) is 0 Å². The van der Waals surface area contributed by atoms with Crippen molar-refractivity contribution in [3.63, 3.8) is 0 Å². The summed E-state index contributed by atoms with van der Waals surface area (Å²) >= 11 is 0. The van der Waals surface area contributed by atoms with Crippen LogP contribution in [0.5, 0.6) is 0 Å². The van der Waals surface area contributed by atoms with Crippen LogP contribution in [0, 0.1) is 0 Å². The Labute approximate surface area is 131 Å². The molecule has 1 unspecified atom stereocenters. The first-order valence-electron chi connectivity index (χ1n) is 7.55. The Morgan fingerprint density at radius 1 is 1.45 bits per heavy atom. The van der Waals surface area contributed by atoms with Crippen molar-refractivity contribution in [2.45, 2.75) is 25.2 Å². The number of nitrogens with one attached hydrogen (secondary N) is 1. The van der Waals surface area contributed by atoms with Gasteiger partial charge >= 0.3 is 0 Å². The van der Waals surface area contributed by atoms with Crippen LogP contribution < -0.4 is 5.56 Å². The second-order valence-electron chi connectivity index (χ2n) is 5.93. The van der Waals surface area contributed by atoms with Gasteiger partial charge in [-0.15, -0.1) is 0 Å². The fraction of sp³-hybridized carbons (Fsp3) is 0.714. The van der Waals surface area contributed by atoms with Gasteiger partial charge in [0.05, 0.1) is 17.8 Å². The highest BCUT2D eigenvalue weighted by Crippen LogP contribution is 2.24. The van der Waals surface area contributed by atoms with E-state index in [2.05, 4.69) is 14.9 Å². The summed E-state index contributed by atoms with van der Waals surface area (Å²) in [6, 6.07) is 1.56. The number of hydrogen-bond acceptors (Lipinski definition) is 5. The first-order valence-corrected chi connectivity index (χ1v) is 9.16. The Morgan fingerprint density at radius 3 is 2.91 bits per heavy atom. The molecule has 1 aromatic heterocycles. The quantitative estimate of drug-likeness (QED) is 0.808.